The molecule has 1 aromatic heterocycles. The van der Waals surface area contributed by atoms with E-state index in [1.54, 1.807) is 0 Å². The lowest BCUT2D eigenvalue weighted by Crippen LogP contribution is -2.39. The van der Waals surface area contributed by atoms with Crippen LogP contribution in [0.15, 0.2) is 41.8 Å². The molecule has 0 aliphatic carbocycles. The van der Waals surface area contributed by atoms with Crippen molar-refractivity contribution in [3.8, 4) is 11.1 Å². The van der Waals surface area contributed by atoms with Crippen molar-refractivity contribution in [1.82, 2.24) is 10.2 Å². The van der Waals surface area contributed by atoms with Gasteiger partial charge in [-0.05, 0) is 36.5 Å². The average Bonchev–Trinajstić information content (AvgIpc) is 2.94. The Balaban J connectivity index is 2.07. The minimum Gasteiger partial charge on any atom is -0.351 e. The molecular weight excluding hydrogens is 292 g/mol. The fourth-order valence-electron chi connectivity index (χ4n) is 2.64. The third-order valence-corrected chi connectivity index (χ3v) is 4.34. The van der Waals surface area contributed by atoms with Crippen LogP contribution in [-0.2, 0) is 0 Å². The summed E-state index contributed by atoms with van der Waals surface area (Å²) in [7, 11) is 4.10. The molecule has 1 heterocycles. The topological polar surface area (TPSA) is 32.3 Å². The zero-order valence-corrected chi connectivity index (χ0v) is 14.5. The summed E-state index contributed by atoms with van der Waals surface area (Å²) in [5, 5.41) is 5.06. The van der Waals surface area contributed by atoms with E-state index in [1.807, 2.05) is 41.8 Å². The van der Waals surface area contributed by atoms with Crippen LogP contribution in [-0.4, -0.2) is 38.0 Å². The van der Waals surface area contributed by atoms with Gasteiger partial charge in [0.15, 0.2) is 0 Å². The first-order valence-corrected chi connectivity index (χ1v) is 8.33. The molecule has 0 aliphatic rings. The molecule has 0 fully saturated rings. The summed E-state index contributed by atoms with van der Waals surface area (Å²) in [6.45, 7) is 5.93. The van der Waals surface area contributed by atoms with E-state index in [9.17, 15) is 4.79 Å². The smallest absolute Gasteiger partial charge is 0.262 e. The van der Waals surface area contributed by atoms with Gasteiger partial charge in [-0.2, -0.15) is 0 Å². The van der Waals surface area contributed by atoms with E-state index in [0.29, 0.717) is 6.54 Å². The molecule has 2 rings (SSSR count). The highest BCUT2D eigenvalue weighted by Crippen LogP contribution is 2.28. The van der Waals surface area contributed by atoms with E-state index in [2.05, 4.69) is 38.2 Å². The van der Waals surface area contributed by atoms with Crippen LogP contribution in [0.1, 0.15) is 23.5 Å². The number of carbonyl (C=O) groups excluding carboxylic acids is 1. The molecule has 0 bridgehead atoms. The summed E-state index contributed by atoms with van der Waals surface area (Å²) in [4.78, 5) is 15.4. The van der Waals surface area contributed by atoms with Crippen molar-refractivity contribution in [2.24, 2.45) is 5.41 Å². The van der Waals surface area contributed by atoms with Gasteiger partial charge < -0.3 is 10.2 Å². The maximum absolute atomic E-state index is 12.5. The monoisotopic (exact) mass is 316 g/mol. The second-order valence-corrected chi connectivity index (χ2v) is 7.53. The minimum absolute atomic E-state index is 0.0145. The standard InChI is InChI=1S/C18H24N2OS/c1-18(2,13-20(3)4)12-19-17(21)16-15(10-11-22-16)14-8-6-5-7-9-14/h5-11H,12-13H2,1-4H3,(H,19,21). The van der Waals surface area contributed by atoms with Crippen LogP contribution in [0.4, 0.5) is 0 Å². The van der Waals surface area contributed by atoms with Crippen molar-refractivity contribution in [2.45, 2.75) is 13.8 Å². The average molecular weight is 316 g/mol. The number of thiophene rings is 1. The number of hydrogen-bond donors (Lipinski definition) is 1. The summed E-state index contributed by atoms with van der Waals surface area (Å²) in [6.07, 6.45) is 0. The summed E-state index contributed by atoms with van der Waals surface area (Å²) in [6, 6.07) is 12.1. The fourth-order valence-corrected chi connectivity index (χ4v) is 3.47. The van der Waals surface area contributed by atoms with Gasteiger partial charge in [0, 0.05) is 18.7 Å². The molecule has 4 heteroatoms. The lowest BCUT2D eigenvalue weighted by Gasteiger charge is -2.28. The van der Waals surface area contributed by atoms with Crippen LogP contribution in [0.25, 0.3) is 11.1 Å². The van der Waals surface area contributed by atoms with Gasteiger partial charge in [-0.1, -0.05) is 44.2 Å². The number of benzene rings is 1. The molecule has 0 saturated carbocycles. The van der Waals surface area contributed by atoms with Crippen molar-refractivity contribution in [2.75, 3.05) is 27.2 Å². The molecule has 1 N–H and O–H groups in total. The lowest BCUT2D eigenvalue weighted by molar-refractivity contribution is 0.0934. The Kier molecular flexibility index (Phi) is 5.37. The normalized spacial score (nSPS) is 11.7. The van der Waals surface area contributed by atoms with E-state index in [1.165, 1.54) is 11.3 Å². The first kappa shape index (κ1) is 16.7. The van der Waals surface area contributed by atoms with Crippen LogP contribution < -0.4 is 5.32 Å². The minimum atomic E-state index is 0.0145. The van der Waals surface area contributed by atoms with Gasteiger partial charge in [0.05, 0.1) is 4.88 Å². The number of nitrogens with zero attached hydrogens (tertiary/aromatic N) is 1. The molecule has 0 radical (unpaired) electrons. The van der Waals surface area contributed by atoms with Gasteiger partial charge in [0.2, 0.25) is 0 Å². The molecule has 1 amide bonds. The second kappa shape index (κ2) is 7.07. The van der Waals surface area contributed by atoms with E-state index >= 15 is 0 Å². The van der Waals surface area contributed by atoms with Crippen molar-refractivity contribution in [3.05, 3.63) is 46.7 Å². The first-order valence-electron chi connectivity index (χ1n) is 7.45. The third kappa shape index (κ3) is 4.42. The number of carbonyl (C=O) groups is 1. The number of amides is 1. The summed E-state index contributed by atoms with van der Waals surface area (Å²) < 4.78 is 0. The predicted molar refractivity (Wildman–Crippen MR) is 94.4 cm³/mol. The number of nitrogens with one attached hydrogen (secondary N) is 1. The van der Waals surface area contributed by atoms with Gasteiger partial charge >= 0.3 is 0 Å². The predicted octanol–water partition coefficient (Wildman–Crippen LogP) is 3.73. The zero-order valence-electron chi connectivity index (χ0n) is 13.7. The molecule has 2 aromatic rings. The van der Waals surface area contributed by atoms with Crippen LogP contribution in [0.3, 0.4) is 0 Å². The number of rotatable bonds is 6. The highest BCUT2D eigenvalue weighted by Gasteiger charge is 2.21. The summed E-state index contributed by atoms with van der Waals surface area (Å²) in [5.74, 6) is 0.0145. The molecule has 0 saturated heterocycles. The van der Waals surface area contributed by atoms with Crippen molar-refractivity contribution in [1.29, 1.82) is 0 Å². The van der Waals surface area contributed by atoms with Crippen LogP contribution in [0.2, 0.25) is 0 Å². The van der Waals surface area contributed by atoms with E-state index < -0.39 is 0 Å². The SMILES string of the molecule is CN(C)CC(C)(C)CNC(=O)c1sccc1-c1ccccc1. The maximum atomic E-state index is 12.5. The van der Waals surface area contributed by atoms with Gasteiger partial charge in [0.25, 0.3) is 5.91 Å². The Hall–Kier alpha value is -1.65. The van der Waals surface area contributed by atoms with Gasteiger partial charge in [-0.15, -0.1) is 11.3 Å². The Labute approximate surface area is 137 Å². The van der Waals surface area contributed by atoms with Crippen molar-refractivity contribution in [3.63, 3.8) is 0 Å². The van der Waals surface area contributed by atoms with Gasteiger partial charge in [-0.25, -0.2) is 0 Å². The molecule has 0 unspecified atom stereocenters. The van der Waals surface area contributed by atoms with Crippen LogP contribution >= 0.6 is 11.3 Å². The van der Waals surface area contributed by atoms with Crippen molar-refractivity contribution >= 4 is 17.2 Å². The molecule has 1 aromatic carbocycles. The fraction of sp³-hybridized carbons (Fsp3) is 0.389. The summed E-state index contributed by atoms with van der Waals surface area (Å²) >= 11 is 1.49. The quantitative estimate of drug-likeness (QED) is 0.880. The second-order valence-electron chi connectivity index (χ2n) is 6.61. The van der Waals surface area contributed by atoms with Crippen LogP contribution in [0.5, 0.6) is 0 Å². The third-order valence-electron chi connectivity index (χ3n) is 3.43. The van der Waals surface area contributed by atoms with Gasteiger partial charge in [0.1, 0.15) is 0 Å². The van der Waals surface area contributed by atoms with E-state index in [0.717, 1.165) is 22.5 Å². The van der Waals surface area contributed by atoms with E-state index in [-0.39, 0.29) is 11.3 Å². The molecule has 118 valence electrons. The number of hydrogen-bond acceptors (Lipinski definition) is 3. The van der Waals surface area contributed by atoms with E-state index in [4.69, 9.17) is 0 Å². The molecule has 0 spiro atoms. The molecule has 3 nitrogen and oxygen atoms in total. The first-order chi connectivity index (χ1) is 10.4. The Morgan fingerprint density at radius 3 is 2.50 bits per heavy atom. The maximum Gasteiger partial charge on any atom is 0.262 e. The largest absolute Gasteiger partial charge is 0.351 e. The Bertz CT molecular complexity index is 617. The molecular formula is C18H24N2OS. The van der Waals surface area contributed by atoms with Crippen molar-refractivity contribution < 1.29 is 4.79 Å². The zero-order chi connectivity index (χ0) is 16.2. The highest BCUT2D eigenvalue weighted by atomic mass is 32.1. The Morgan fingerprint density at radius 1 is 1.18 bits per heavy atom. The summed E-state index contributed by atoms with van der Waals surface area (Å²) in [5.41, 5.74) is 2.14. The molecule has 0 atom stereocenters. The molecule has 22 heavy (non-hydrogen) atoms. The van der Waals surface area contributed by atoms with Gasteiger partial charge in [-0.3, -0.25) is 4.79 Å². The highest BCUT2D eigenvalue weighted by molar-refractivity contribution is 7.12. The van der Waals surface area contributed by atoms with Crippen LogP contribution in [0, 0.1) is 5.41 Å². The Morgan fingerprint density at radius 2 is 1.86 bits per heavy atom. The molecule has 0 aliphatic heterocycles. The lowest BCUT2D eigenvalue weighted by atomic mass is 9.93.